The number of aliphatic carboxylic acids is 1. The minimum absolute atomic E-state index is 0.289. The summed E-state index contributed by atoms with van der Waals surface area (Å²) in [6.45, 7) is 6.59. The van der Waals surface area contributed by atoms with Gasteiger partial charge >= 0.3 is 12.0 Å². The molecule has 1 rings (SSSR count). The molecule has 1 atom stereocenters. The summed E-state index contributed by atoms with van der Waals surface area (Å²) in [5, 5.41) is 20.8. The van der Waals surface area contributed by atoms with Crippen molar-refractivity contribution in [2.45, 2.75) is 45.6 Å². The van der Waals surface area contributed by atoms with E-state index in [0.717, 1.165) is 19.3 Å². The molecule has 6 heteroatoms. The number of likely N-dealkylation sites (tertiary alicyclic amines) is 1. The van der Waals surface area contributed by atoms with Gasteiger partial charge < -0.3 is 20.4 Å². The fraction of sp³-hybridized carbons (Fsp3) is 0.846. The van der Waals surface area contributed by atoms with Gasteiger partial charge in [-0.05, 0) is 25.2 Å². The Labute approximate surface area is 113 Å². The zero-order valence-corrected chi connectivity index (χ0v) is 11.9. The van der Waals surface area contributed by atoms with Crippen LogP contribution in [0, 0.1) is 5.41 Å². The lowest BCUT2D eigenvalue weighted by atomic mass is 9.78. The van der Waals surface area contributed by atoms with Crippen molar-refractivity contribution in [2.75, 3.05) is 19.6 Å². The molecule has 1 unspecified atom stereocenters. The molecule has 0 spiro atoms. The number of carboxylic acids is 1. The van der Waals surface area contributed by atoms with Gasteiger partial charge in [-0.3, -0.25) is 0 Å². The van der Waals surface area contributed by atoms with Gasteiger partial charge in [0, 0.05) is 13.1 Å². The van der Waals surface area contributed by atoms with Crippen LogP contribution in [0.4, 0.5) is 4.79 Å². The summed E-state index contributed by atoms with van der Waals surface area (Å²) in [5.74, 6) is -1.34. The minimum Gasteiger partial charge on any atom is -0.479 e. The Morgan fingerprint density at radius 3 is 2.32 bits per heavy atom. The standard InChI is InChI=1S/C13H24N2O4/c1-4-12(2)5-7-15(8-6-12)11(18)14-9-13(3,19)10(16)17/h19H,4-9H2,1-3H3,(H,14,18)(H,16,17). The summed E-state index contributed by atoms with van der Waals surface area (Å²) in [6, 6.07) is -0.306. The van der Waals surface area contributed by atoms with Crippen molar-refractivity contribution < 1.29 is 19.8 Å². The monoisotopic (exact) mass is 272 g/mol. The van der Waals surface area contributed by atoms with Gasteiger partial charge in [-0.25, -0.2) is 9.59 Å². The molecule has 0 aromatic heterocycles. The number of hydrogen-bond acceptors (Lipinski definition) is 3. The lowest BCUT2D eigenvalue weighted by Crippen LogP contribution is -2.52. The predicted molar refractivity (Wildman–Crippen MR) is 70.9 cm³/mol. The zero-order chi connectivity index (χ0) is 14.7. The molecule has 1 heterocycles. The second kappa shape index (κ2) is 5.77. The molecule has 19 heavy (non-hydrogen) atoms. The minimum atomic E-state index is -1.93. The predicted octanol–water partition coefficient (Wildman–Crippen LogP) is 1.04. The van der Waals surface area contributed by atoms with E-state index in [1.165, 1.54) is 6.92 Å². The molecule has 0 aromatic rings. The number of nitrogens with zero attached hydrogens (tertiary/aromatic N) is 1. The normalized spacial score (nSPS) is 21.6. The maximum atomic E-state index is 11.9. The highest BCUT2D eigenvalue weighted by Gasteiger charge is 2.33. The summed E-state index contributed by atoms with van der Waals surface area (Å²) in [4.78, 5) is 24.3. The number of piperidine rings is 1. The van der Waals surface area contributed by atoms with Crippen molar-refractivity contribution in [1.82, 2.24) is 10.2 Å². The molecule has 3 N–H and O–H groups in total. The van der Waals surface area contributed by atoms with Gasteiger partial charge in [0.15, 0.2) is 5.60 Å². The second-order valence-corrected chi connectivity index (χ2v) is 5.89. The van der Waals surface area contributed by atoms with E-state index in [4.69, 9.17) is 5.11 Å². The van der Waals surface area contributed by atoms with Crippen molar-refractivity contribution in [1.29, 1.82) is 0 Å². The third kappa shape index (κ3) is 4.09. The van der Waals surface area contributed by atoms with Gasteiger partial charge in [0.1, 0.15) is 0 Å². The first-order valence-electron chi connectivity index (χ1n) is 6.69. The molecule has 110 valence electrons. The third-order valence-electron chi connectivity index (χ3n) is 4.16. The highest BCUT2D eigenvalue weighted by atomic mass is 16.4. The van der Waals surface area contributed by atoms with E-state index in [1.807, 2.05) is 0 Å². The lowest BCUT2D eigenvalue weighted by Gasteiger charge is -2.39. The van der Waals surface area contributed by atoms with Crippen LogP contribution < -0.4 is 5.32 Å². The summed E-state index contributed by atoms with van der Waals surface area (Å²) in [5.41, 5.74) is -1.63. The van der Waals surface area contributed by atoms with E-state index in [1.54, 1.807) is 4.90 Å². The average Bonchev–Trinajstić information content (AvgIpc) is 2.37. The molecule has 0 saturated carbocycles. The van der Waals surface area contributed by atoms with Crippen LogP contribution in [0.15, 0.2) is 0 Å². The molecule has 0 aromatic carbocycles. The highest BCUT2D eigenvalue weighted by Crippen LogP contribution is 2.33. The van der Waals surface area contributed by atoms with Gasteiger partial charge in [-0.15, -0.1) is 0 Å². The van der Waals surface area contributed by atoms with E-state index in [2.05, 4.69) is 19.2 Å². The number of amides is 2. The lowest BCUT2D eigenvalue weighted by molar-refractivity contribution is -0.155. The summed E-state index contributed by atoms with van der Waals surface area (Å²) in [7, 11) is 0. The van der Waals surface area contributed by atoms with E-state index in [9.17, 15) is 14.7 Å². The number of carbonyl (C=O) groups excluding carboxylic acids is 1. The Hall–Kier alpha value is -1.30. The van der Waals surface area contributed by atoms with E-state index >= 15 is 0 Å². The average molecular weight is 272 g/mol. The van der Waals surface area contributed by atoms with Gasteiger partial charge in [0.05, 0.1) is 6.54 Å². The number of carboxylic acid groups (broad SMARTS) is 1. The van der Waals surface area contributed by atoms with Crippen LogP contribution in [0.5, 0.6) is 0 Å². The van der Waals surface area contributed by atoms with E-state index in [0.29, 0.717) is 18.5 Å². The number of aliphatic hydroxyl groups is 1. The van der Waals surface area contributed by atoms with Crippen molar-refractivity contribution in [2.24, 2.45) is 5.41 Å². The highest BCUT2D eigenvalue weighted by molar-refractivity contribution is 5.79. The molecule has 0 aliphatic carbocycles. The summed E-state index contributed by atoms with van der Waals surface area (Å²) < 4.78 is 0. The Bertz CT molecular complexity index is 347. The largest absolute Gasteiger partial charge is 0.479 e. The Balaban J connectivity index is 2.42. The van der Waals surface area contributed by atoms with E-state index in [-0.39, 0.29) is 12.6 Å². The molecular formula is C13H24N2O4. The smallest absolute Gasteiger partial charge is 0.337 e. The van der Waals surface area contributed by atoms with E-state index < -0.39 is 11.6 Å². The van der Waals surface area contributed by atoms with Gasteiger partial charge in [0.25, 0.3) is 0 Å². The number of nitrogens with one attached hydrogen (secondary N) is 1. The topological polar surface area (TPSA) is 89.9 Å². The fourth-order valence-corrected chi connectivity index (χ4v) is 2.04. The summed E-state index contributed by atoms with van der Waals surface area (Å²) in [6.07, 6.45) is 2.99. The van der Waals surface area contributed by atoms with Gasteiger partial charge in [0.2, 0.25) is 0 Å². The van der Waals surface area contributed by atoms with Crippen molar-refractivity contribution in [3.63, 3.8) is 0 Å². The molecule has 2 amide bonds. The van der Waals surface area contributed by atoms with Crippen LogP contribution in [0.25, 0.3) is 0 Å². The molecular weight excluding hydrogens is 248 g/mol. The first kappa shape index (κ1) is 15.8. The van der Waals surface area contributed by atoms with Gasteiger partial charge in [-0.2, -0.15) is 0 Å². The molecule has 1 aliphatic heterocycles. The number of carbonyl (C=O) groups is 2. The quantitative estimate of drug-likeness (QED) is 0.713. The van der Waals surface area contributed by atoms with Crippen molar-refractivity contribution in [3.05, 3.63) is 0 Å². The van der Waals surface area contributed by atoms with Crippen molar-refractivity contribution in [3.8, 4) is 0 Å². The Kier molecular flexibility index (Phi) is 4.79. The number of urea groups is 1. The van der Waals surface area contributed by atoms with Crippen molar-refractivity contribution >= 4 is 12.0 Å². The van der Waals surface area contributed by atoms with Crippen LogP contribution in [-0.2, 0) is 4.79 Å². The molecule has 0 radical (unpaired) electrons. The SMILES string of the molecule is CCC1(C)CCN(C(=O)NCC(C)(O)C(=O)O)CC1. The molecule has 1 fully saturated rings. The van der Waals surface area contributed by atoms with Gasteiger partial charge in [-0.1, -0.05) is 20.3 Å². The molecule has 0 bridgehead atoms. The van der Waals surface area contributed by atoms with Crippen LogP contribution in [-0.4, -0.2) is 52.3 Å². The maximum Gasteiger partial charge on any atom is 0.337 e. The van der Waals surface area contributed by atoms with Crippen LogP contribution in [0.2, 0.25) is 0 Å². The summed E-state index contributed by atoms with van der Waals surface area (Å²) >= 11 is 0. The van der Waals surface area contributed by atoms with Crippen LogP contribution in [0.3, 0.4) is 0 Å². The van der Waals surface area contributed by atoms with Crippen LogP contribution >= 0.6 is 0 Å². The number of hydrogen-bond donors (Lipinski definition) is 3. The molecule has 1 aliphatic rings. The Morgan fingerprint density at radius 1 is 1.37 bits per heavy atom. The van der Waals surface area contributed by atoms with Crippen LogP contribution in [0.1, 0.15) is 40.0 Å². The first-order chi connectivity index (χ1) is 8.70. The first-order valence-corrected chi connectivity index (χ1v) is 6.69. The Morgan fingerprint density at radius 2 is 1.89 bits per heavy atom. The molecule has 1 saturated heterocycles. The second-order valence-electron chi connectivity index (χ2n) is 5.89. The molecule has 6 nitrogen and oxygen atoms in total. The maximum absolute atomic E-state index is 11.9. The third-order valence-corrected chi connectivity index (χ3v) is 4.16. The fourth-order valence-electron chi connectivity index (χ4n) is 2.04. The number of rotatable bonds is 4. The zero-order valence-electron chi connectivity index (χ0n) is 11.9.